The first kappa shape index (κ1) is 10.3. The van der Waals surface area contributed by atoms with Crippen molar-refractivity contribution in [2.45, 2.75) is 0 Å². The summed E-state index contributed by atoms with van der Waals surface area (Å²) in [7, 11) is 1.36. The number of hydrogen-bond donors (Lipinski definition) is 1. The Morgan fingerprint density at radius 1 is 1.38 bits per heavy atom. The molecule has 0 saturated carbocycles. The minimum Gasteiger partial charge on any atom is -0.277 e. The van der Waals surface area contributed by atoms with Gasteiger partial charge in [0.1, 0.15) is 0 Å². The van der Waals surface area contributed by atoms with Crippen molar-refractivity contribution in [1.82, 2.24) is 20.5 Å². The van der Waals surface area contributed by atoms with E-state index in [9.17, 15) is 4.79 Å². The number of benzene rings is 1. The number of hydrogen-bond acceptors (Lipinski definition) is 4. The zero-order chi connectivity index (χ0) is 11.4. The Bertz CT molecular complexity index is 481. The highest BCUT2D eigenvalue weighted by molar-refractivity contribution is 5.91. The molecule has 1 aromatic heterocycles. The molecule has 0 radical (unpaired) electrons. The molecule has 0 bridgehead atoms. The van der Waals surface area contributed by atoms with Gasteiger partial charge in [0.25, 0.3) is 5.91 Å². The van der Waals surface area contributed by atoms with Gasteiger partial charge in [-0.05, 0) is 12.1 Å². The number of nitrogens with one attached hydrogen (secondary N) is 1. The number of hydroxylamine groups is 1. The number of aromatic nitrogens is 3. The third-order valence-corrected chi connectivity index (χ3v) is 1.94. The first-order valence-corrected chi connectivity index (χ1v) is 4.62. The van der Waals surface area contributed by atoms with Crippen molar-refractivity contribution < 1.29 is 9.63 Å². The molecule has 1 heterocycles. The van der Waals surface area contributed by atoms with Crippen LogP contribution >= 0.6 is 0 Å². The Hall–Kier alpha value is -2.21. The van der Waals surface area contributed by atoms with E-state index in [-0.39, 0.29) is 5.69 Å². The average molecular weight is 218 g/mol. The van der Waals surface area contributed by atoms with Crippen LogP contribution in [0.5, 0.6) is 0 Å². The van der Waals surface area contributed by atoms with Crippen LogP contribution in [0.4, 0.5) is 0 Å². The van der Waals surface area contributed by atoms with E-state index in [1.165, 1.54) is 18.0 Å². The van der Waals surface area contributed by atoms with Crippen molar-refractivity contribution in [2.75, 3.05) is 7.11 Å². The molecule has 0 fully saturated rings. The third-order valence-electron chi connectivity index (χ3n) is 1.94. The van der Waals surface area contributed by atoms with Gasteiger partial charge in [-0.2, -0.15) is 0 Å². The Morgan fingerprint density at radius 3 is 2.81 bits per heavy atom. The van der Waals surface area contributed by atoms with Crippen molar-refractivity contribution in [2.24, 2.45) is 0 Å². The Labute approximate surface area is 91.8 Å². The van der Waals surface area contributed by atoms with Crippen LogP contribution in [0.2, 0.25) is 0 Å². The predicted molar refractivity (Wildman–Crippen MR) is 55.8 cm³/mol. The zero-order valence-corrected chi connectivity index (χ0v) is 8.62. The van der Waals surface area contributed by atoms with Crippen LogP contribution in [-0.4, -0.2) is 28.0 Å². The summed E-state index contributed by atoms with van der Waals surface area (Å²) >= 11 is 0. The van der Waals surface area contributed by atoms with E-state index in [0.717, 1.165) is 5.69 Å². The molecule has 0 aliphatic carbocycles. The lowest BCUT2D eigenvalue weighted by molar-refractivity contribution is 0.0532. The first-order chi connectivity index (χ1) is 7.81. The van der Waals surface area contributed by atoms with Gasteiger partial charge in [0.15, 0.2) is 5.69 Å². The Kier molecular flexibility index (Phi) is 2.93. The predicted octanol–water partition coefficient (Wildman–Crippen LogP) is 0.558. The highest BCUT2D eigenvalue weighted by atomic mass is 16.6. The lowest BCUT2D eigenvalue weighted by atomic mass is 10.3. The van der Waals surface area contributed by atoms with Crippen LogP contribution in [0.15, 0.2) is 36.5 Å². The van der Waals surface area contributed by atoms with Gasteiger partial charge in [-0.25, -0.2) is 10.2 Å². The Morgan fingerprint density at radius 2 is 2.12 bits per heavy atom. The van der Waals surface area contributed by atoms with Gasteiger partial charge in [0.2, 0.25) is 0 Å². The molecule has 0 atom stereocenters. The largest absolute Gasteiger partial charge is 0.297 e. The summed E-state index contributed by atoms with van der Waals surface area (Å²) in [5.41, 5.74) is 3.21. The van der Waals surface area contributed by atoms with Crippen LogP contribution in [0, 0.1) is 0 Å². The van der Waals surface area contributed by atoms with E-state index < -0.39 is 5.91 Å². The summed E-state index contributed by atoms with van der Waals surface area (Å²) < 4.78 is 1.52. The summed E-state index contributed by atoms with van der Waals surface area (Å²) in [6, 6.07) is 9.40. The normalized spacial score (nSPS) is 10.1. The molecular formula is C10H10N4O2. The molecule has 0 saturated heterocycles. The molecule has 1 aromatic carbocycles. The molecule has 0 aliphatic rings. The molecule has 0 unspecified atom stereocenters. The number of carbonyl (C=O) groups excluding carboxylic acids is 1. The van der Waals surface area contributed by atoms with E-state index >= 15 is 0 Å². The fourth-order valence-electron chi connectivity index (χ4n) is 1.22. The van der Waals surface area contributed by atoms with Crippen molar-refractivity contribution in [3.05, 3.63) is 42.2 Å². The second-order valence-corrected chi connectivity index (χ2v) is 3.02. The maximum atomic E-state index is 11.3. The number of rotatable bonds is 3. The number of carbonyl (C=O) groups is 1. The van der Waals surface area contributed by atoms with Crippen molar-refractivity contribution >= 4 is 5.91 Å². The lowest BCUT2D eigenvalue weighted by Crippen LogP contribution is -2.22. The van der Waals surface area contributed by atoms with Gasteiger partial charge in [0.05, 0.1) is 19.0 Å². The van der Waals surface area contributed by atoms with Gasteiger partial charge in [-0.1, -0.05) is 23.4 Å². The molecule has 2 aromatic rings. The summed E-state index contributed by atoms with van der Waals surface area (Å²) in [4.78, 5) is 15.8. The monoisotopic (exact) mass is 218 g/mol. The summed E-state index contributed by atoms with van der Waals surface area (Å²) in [6.45, 7) is 0. The Balaban J connectivity index is 2.23. The fourth-order valence-corrected chi connectivity index (χ4v) is 1.22. The maximum absolute atomic E-state index is 11.3. The minimum absolute atomic E-state index is 0.200. The fraction of sp³-hybridized carbons (Fsp3) is 0.100. The van der Waals surface area contributed by atoms with Crippen LogP contribution in [-0.2, 0) is 4.84 Å². The third kappa shape index (κ3) is 2.06. The highest BCUT2D eigenvalue weighted by Gasteiger charge is 2.10. The van der Waals surface area contributed by atoms with Crippen LogP contribution in [0.25, 0.3) is 5.69 Å². The second-order valence-electron chi connectivity index (χ2n) is 3.02. The number of amides is 1. The minimum atomic E-state index is -0.426. The quantitative estimate of drug-likeness (QED) is 0.764. The van der Waals surface area contributed by atoms with Crippen LogP contribution in [0.3, 0.4) is 0 Å². The van der Waals surface area contributed by atoms with Crippen molar-refractivity contribution in [3.63, 3.8) is 0 Å². The van der Waals surface area contributed by atoms with Crippen molar-refractivity contribution in [3.8, 4) is 5.69 Å². The standard InChI is InChI=1S/C10H10N4O2/c1-16-12-10(15)9-7-14(13-11-9)8-5-3-2-4-6-8/h2-7H,1H3,(H,12,15). The molecule has 6 heteroatoms. The van der Waals surface area contributed by atoms with Crippen LogP contribution in [0.1, 0.15) is 10.5 Å². The first-order valence-electron chi connectivity index (χ1n) is 4.62. The summed E-state index contributed by atoms with van der Waals surface area (Å²) in [5, 5.41) is 7.57. The van der Waals surface area contributed by atoms with E-state index in [0.29, 0.717) is 0 Å². The molecule has 16 heavy (non-hydrogen) atoms. The molecule has 0 spiro atoms. The maximum Gasteiger partial charge on any atom is 0.297 e. The second kappa shape index (κ2) is 4.54. The topological polar surface area (TPSA) is 69.0 Å². The van der Waals surface area contributed by atoms with E-state index in [1.54, 1.807) is 0 Å². The lowest BCUT2D eigenvalue weighted by Gasteiger charge is -1.97. The molecule has 2 rings (SSSR count). The average Bonchev–Trinajstić information content (AvgIpc) is 2.80. The van der Waals surface area contributed by atoms with Gasteiger partial charge in [-0.3, -0.25) is 9.63 Å². The SMILES string of the molecule is CONC(=O)c1cn(-c2ccccc2)nn1. The molecule has 1 N–H and O–H groups in total. The number of para-hydroxylation sites is 1. The van der Waals surface area contributed by atoms with Gasteiger partial charge in [0, 0.05) is 0 Å². The van der Waals surface area contributed by atoms with Gasteiger partial charge < -0.3 is 0 Å². The van der Waals surface area contributed by atoms with Gasteiger partial charge >= 0.3 is 0 Å². The molecule has 0 aliphatic heterocycles. The highest BCUT2D eigenvalue weighted by Crippen LogP contribution is 2.05. The van der Waals surface area contributed by atoms with E-state index in [2.05, 4.69) is 20.6 Å². The zero-order valence-electron chi connectivity index (χ0n) is 8.62. The number of nitrogens with zero attached hydrogens (tertiary/aromatic N) is 3. The molecule has 82 valence electrons. The van der Waals surface area contributed by atoms with Crippen LogP contribution < -0.4 is 5.48 Å². The van der Waals surface area contributed by atoms with E-state index in [1.807, 2.05) is 30.3 Å². The van der Waals surface area contributed by atoms with E-state index in [4.69, 9.17) is 0 Å². The van der Waals surface area contributed by atoms with Gasteiger partial charge in [-0.15, -0.1) is 5.10 Å². The smallest absolute Gasteiger partial charge is 0.277 e. The van der Waals surface area contributed by atoms with Crippen molar-refractivity contribution in [1.29, 1.82) is 0 Å². The molecule has 1 amide bonds. The molecular weight excluding hydrogens is 208 g/mol. The molecule has 6 nitrogen and oxygen atoms in total. The summed E-state index contributed by atoms with van der Waals surface area (Å²) in [6.07, 6.45) is 1.53. The summed E-state index contributed by atoms with van der Waals surface area (Å²) in [5.74, 6) is -0.426.